The number of anilines is 1. The summed E-state index contributed by atoms with van der Waals surface area (Å²) in [6, 6.07) is 3.95. The maximum Gasteiger partial charge on any atom is 0.356 e. The quantitative estimate of drug-likeness (QED) is 0.853. The Balaban J connectivity index is 2.02. The van der Waals surface area contributed by atoms with Gasteiger partial charge >= 0.3 is 5.97 Å². The van der Waals surface area contributed by atoms with Crippen LogP contribution in [0.2, 0.25) is 0 Å². The third-order valence-corrected chi connectivity index (χ3v) is 3.13. The summed E-state index contributed by atoms with van der Waals surface area (Å²) in [5.74, 6) is -0.989. The molecule has 0 spiro atoms. The zero-order chi connectivity index (χ0) is 11.8. The van der Waals surface area contributed by atoms with Crippen molar-refractivity contribution in [2.45, 2.75) is 12.8 Å². The Kier molecular flexibility index (Phi) is 2.24. The molecule has 0 aromatic carbocycles. The highest BCUT2D eigenvalue weighted by Crippen LogP contribution is 2.21. The molecule has 5 nitrogen and oxygen atoms in total. The summed E-state index contributed by atoms with van der Waals surface area (Å²) in [4.78, 5) is 17.2. The molecule has 3 rings (SSSR count). The Morgan fingerprint density at radius 1 is 1.35 bits per heavy atom. The molecule has 1 N–H and O–H groups in total. The summed E-state index contributed by atoms with van der Waals surface area (Å²) in [6.45, 7) is 2.14. The van der Waals surface area contributed by atoms with Crippen LogP contribution < -0.4 is 4.90 Å². The van der Waals surface area contributed by atoms with Crippen LogP contribution >= 0.6 is 0 Å². The van der Waals surface area contributed by atoms with Gasteiger partial charge in [0.1, 0.15) is 5.65 Å². The van der Waals surface area contributed by atoms with Crippen LogP contribution in [0.15, 0.2) is 24.5 Å². The number of carboxylic acids is 1. The van der Waals surface area contributed by atoms with Crippen LogP contribution in [0, 0.1) is 0 Å². The number of fused-ring (bicyclic) bond motifs is 1. The van der Waals surface area contributed by atoms with Gasteiger partial charge in [-0.05, 0) is 18.9 Å². The summed E-state index contributed by atoms with van der Waals surface area (Å²) in [7, 11) is 0. The number of nitrogens with zero attached hydrogens (tertiary/aromatic N) is 3. The lowest BCUT2D eigenvalue weighted by Gasteiger charge is -2.17. The Bertz CT molecular complexity index is 570. The van der Waals surface area contributed by atoms with E-state index in [4.69, 9.17) is 5.11 Å². The largest absolute Gasteiger partial charge is 0.476 e. The van der Waals surface area contributed by atoms with E-state index in [1.807, 2.05) is 18.3 Å². The highest BCUT2D eigenvalue weighted by Gasteiger charge is 2.14. The van der Waals surface area contributed by atoms with Crippen LogP contribution in [0.1, 0.15) is 23.3 Å². The van der Waals surface area contributed by atoms with Crippen molar-refractivity contribution in [3.63, 3.8) is 0 Å². The molecular weight excluding hydrogens is 218 g/mol. The van der Waals surface area contributed by atoms with Crippen LogP contribution in [0.4, 0.5) is 5.69 Å². The topological polar surface area (TPSA) is 57.8 Å². The van der Waals surface area contributed by atoms with Crippen LogP contribution in [0.5, 0.6) is 0 Å². The number of aromatic nitrogens is 2. The maximum absolute atomic E-state index is 10.8. The third-order valence-electron chi connectivity index (χ3n) is 3.13. The number of imidazole rings is 1. The first kappa shape index (κ1) is 10.1. The van der Waals surface area contributed by atoms with Crippen molar-refractivity contribution in [1.29, 1.82) is 0 Å². The molecule has 0 saturated carbocycles. The molecule has 2 aromatic heterocycles. The first-order valence-electron chi connectivity index (χ1n) is 5.71. The number of carbonyl (C=O) groups is 1. The SMILES string of the molecule is O=C(O)c1cn2ccc(N3CCCC3)cc2n1. The second-order valence-electron chi connectivity index (χ2n) is 4.28. The van der Waals surface area contributed by atoms with Crippen molar-refractivity contribution in [1.82, 2.24) is 9.38 Å². The summed E-state index contributed by atoms with van der Waals surface area (Å²) < 4.78 is 1.74. The van der Waals surface area contributed by atoms with Gasteiger partial charge in [-0.15, -0.1) is 0 Å². The molecule has 88 valence electrons. The van der Waals surface area contributed by atoms with E-state index in [0.717, 1.165) is 18.8 Å². The molecule has 0 amide bonds. The molecule has 0 radical (unpaired) electrons. The number of hydrogen-bond donors (Lipinski definition) is 1. The fourth-order valence-corrected chi connectivity index (χ4v) is 2.25. The summed E-state index contributed by atoms with van der Waals surface area (Å²) in [5.41, 5.74) is 1.90. The summed E-state index contributed by atoms with van der Waals surface area (Å²) in [6.07, 6.45) is 5.84. The van der Waals surface area contributed by atoms with E-state index in [0.29, 0.717) is 5.65 Å². The molecule has 1 aliphatic heterocycles. The molecule has 1 saturated heterocycles. The molecule has 0 aliphatic carbocycles. The maximum atomic E-state index is 10.8. The minimum Gasteiger partial charge on any atom is -0.476 e. The Labute approximate surface area is 98.3 Å². The van der Waals surface area contributed by atoms with Crippen LogP contribution in [-0.2, 0) is 0 Å². The van der Waals surface area contributed by atoms with Crippen LogP contribution in [-0.4, -0.2) is 33.6 Å². The van der Waals surface area contributed by atoms with Gasteiger partial charge in [-0.1, -0.05) is 0 Å². The average molecular weight is 231 g/mol. The van der Waals surface area contributed by atoms with Gasteiger partial charge in [0.25, 0.3) is 0 Å². The predicted octanol–water partition coefficient (Wildman–Crippen LogP) is 1.63. The van der Waals surface area contributed by atoms with E-state index in [-0.39, 0.29) is 5.69 Å². The molecule has 1 aliphatic rings. The number of pyridine rings is 1. The molecular formula is C12H13N3O2. The Hall–Kier alpha value is -2.04. The molecule has 2 aromatic rings. The Morgan fingerprint density at radius 2 is 2.12 bits per heavy atom. The zero-order valence-corrected chi connectivity index (χ0v) is 9.33. The van der Waals surface area contributed by atoms with Crippen molar-refractivity contribution in [2.75, 3.05) is 18.0 Å². The van der Waals surface area contributed by atoms with Crippen LogP contribution in [0.3, 0.4) is 0 Å². The van der Waals surface area contributed by atoms with Crippen LogP contribution in [0.25, 0.3) is 5.65 Å². The number of hydrogen-bond acceptors (Lipinski definition) is 3. The zero-order valence-electron chi connectivity index (χ0n) is 9.33. The lowest BCUT2D eigenvalue weighted by molar-refractivity contribution is 0.0691. The van der Waals surface area contributed by atoms with E-state index in [1.54, 1.807) is 4.40 Å². The lowest BCUT2D eigenvalue weighted by Crippen LogP contribution is -2.17. The van der Waals surface area contributed by atoms with E-state index in [2.05, 4.69) is 9.88 Å². The number of carboxylic acid groups (broad SMARTS) is 1. The van der Waals surface area contributed by atoms with Crippen molar-refractivity contribution < 1.29 is 9.90 Å². The fourth-order valence-electron chi connectivity index (χ4n) is 2.25. The molecule has 5 heteroatoms. The van der Waals surface area contributed by atoms with Gasteiger partial charge in [0.05, 0.1) is 0 Å². The van der Waals surface area contributed by atoms with Gasteiger partial charge in [-0.2, -0.15) is 0 Å². The molecule has 1 fully saturated rings. The van der Waals surface area contributed by atoms with Gasteiger partial charge in [-0.3, -0.25) is 0 Å². The minimum atomic E-state index is -0.989. The van der Waals surface area contributed by atoms with Crippen molar-refractivity contribution >= 4 is 17.3 Å². The third kappa shape index (κ3) is 1.73. The first-order chi connectivity index (χ1) is 8.24. The van der Waals surface area contributed by atoms with Crippen molar-refractivity contribution in [3.05, 3.63) is 30.2 Å². The molecule has 0 unspecified atom stereocenters. The first-order valence-corrected chi connectivity index (χ1v) is 5.71. The van der Waals surface area contributed by atoms with Gasteiger partial charge < -0.3 is 14.4 Å². The monoisotopic (exact) mass is 231 g/mol. The molecule has 0 bridgehead atoms. The highest BCUT2D eigenvalue weighted by atomic mass is 16.4. The van der Waals surface area contributed by atoms with Crippen molar-refractivity contribution in [3.8, 4) is 0 Å². The van der Waals surface area contributed by atoms with Gasteiger partial charge in [0.15, 0.2) is 5.69 Å². The second-order valence-corrected chi connectivity index (χ2v) is 4.28. The highest BCUT2D eigenvalue weighted by molar-refractivity contribution is 5.86. The van der Waals surface area contributed by atoms with Gasteiger partial charge in [0, 0.05) is 37.2 Å². The van der Waals surface area contributed by atoms with E-state index in [9.17, 15) is 4.79 Å². The smallest absolute Gasteiger partial charge is 0.356 e. The van der Waals surface area contributed by atoms with Crippen molar-refractivity contribution in [2.24, 2.45) is 0 Å². The normalized spacial score (nSPS) is 15.6. The van der Waals surface area contributed by atoms with E-state index in [1.165, 1.54) is 19.0 Å². The minimum absolute atomic E-state index is 0.0866. The van der Waals surface area contributed by atoms with E-state index < -0.39 is 5.97 Å². The summed E-state index contributed by atoms with van der Waals surface area (Å²) >= 11 is 0. The number of rotatable bonds is 2. The average Bonchev–Trinajstić information content (AvgIpc) is 2.97. The predicted molar refractivity (Wildman–Crippen MR) is 63.6 cm³/mol. The fraction of sp³-hybridized carbons (Fsp3) is 0.333. The van der Waals surface area contributed by atoms with E-state index >= 15 is 0 Å². The second kappa shape index (κ2) is 3.76. The standard InChI is InChI=1S/C12H13N3O2/c16-12(17)10-8-15-6-3-9(7-11(15)13-10)14-4-1-2-5-14/h3,6-8H,1-2,4-5H2,(H,16,17). The molecule has 3 heterocycles. The summed E-state index contributed by atoms with van der Waals surface area (Å²) in [5, 5.41) is 8.88. The lowest BCUT2D eigenvalue weighted by atomic mass is 10.3. The van der Waals surface area contributed by atoms with Gasteiger partial charge in [0.2, 0.25) is 0 Å². The Morgan fingerprint density at radius 3 is 2.82 bits per heavy atom. The molecule has 0 atom stereocenters. The van der Waals surface area contributed by atoms with Gasteiger partial charge in [-0.25, -0.2) is 9.78 Å². The number of aromatic carboxylic acids is 1. The molecule has 17 heavy (non-hydrogen) atoms.